The van der Waals surface area contributed by atoms with Gasteiger partial charge in [-0.25, -0.2) is 4.68 Å². The van der Waals surface area contributed by atoms with Crippen molar-refractivity contribution in [2.45, 2.75) is 24.8 Å². The van der Waals surface area contributed by atoms with Crippen molar-refractivity contribution in [1.82, 2.24) is 20.2 Å². The summed E-state index contributed by atoms with van der Waals surface area (Å²) in [6.45, 7) is 3.75. The molecule has 0 aliphatic rings. The number of hydrogen-bond acceptors (Lipinski definition) is 5. The maximum atomic E-state index is 12.3. The molecule has 1 heterocycles. The zero-order valence-corrected chi connectivity index (χ0v) is 16.6. The molecule has 0 saturated heterocycles. The second-order valence-corrected chi connectivity index (χ2v) is 7.25. The Morgan fingerprint density at radius 2 is 1.89 bits per heavy atom. The number of benzene rings is 2. The number of amides is 1. The first kappa shape index (κ1) is 19.1. The molecule has 1 amide bonds. The van der Waals surface area contributed by atoms with Crippen molar-refractivity contribution in [3.05, 3.63) is 77.1 Å². The summed E-state index contributed by atoms with van der Waals surface area (Å²) in [5.74, 6) is 1.14. The van der Waals surface area contributed by atoms with Crippen LogP contribution in [0.1, 0.15) is 27.3 Å². The molecule has 2 N–H and O–H groups in total. The molecule has 3 rings (SSSR count). The number of hydrogen-bond donors (Lipinski definition) is 2. The monoisotopic (exact) mass is 397 g/mol. The normalized spacial score (nSPS) is 10.4. The first-order valence-electron chi connectivity index (χ1n) is 8.30. The molecule has 138 valence electrons. The zero-order chi connectivity index (χ0) is 19.2. The lowest BCUT2D eigenvalue weighted by molar-refractivity contribution is 0.0977. The highest BCUT2D eigenvalue weighted by atomic mass is 32.2. The van der Waals surface area contributed by atoms with Crippen molar-refractivity contribution in [3.63, 3.8) is 0 Å². The number of carbonyl (C=O) groups excluding carboxylic acids is 1. The fraction of sp³-hybridized carbons (Fsp3) is 0.158. The van der Waals surface area contributed by atoms with E-state index in [0.29, 0.717) is 16.5 Å². The van der Waals surface area contributed by atoms with Gasteiger partial charge in [0.25, 0.3) is 5.91 Å². The summed E-state index contributed by atoms with van der Waals surface area (Å²) in [4.78, 5) is 12.3. The summed E-state index contributed by atoms with van der Waals surface area (Å²) >= 11 is 6.81. The van der Waals surface area contributed by atoms with Gasteiger partial charge in [-0.3, -0.25) is 15.5 Å². The largest absolute Gasteiger partial charge is 0.298 e. The second kappa shape index (κ2) is 8.79. The molecule has 3 aromatic rings. The summed E-state index contributed by atoms with van der Waals surface area (Å²) in [6, 6.07) is 17.4. The third-order valence-electron chi connectivity index (χ3n) is 3.73. The lowest BCUT2D eigenvalue weighted by atomic mass is 10.1. The van der Waals surface area contributed by atoms with Crippen molar-refractivity contribution in [3.8, 4) is 0 Å². The third kappa shape index (κ3) is 5.15. The van der Waals surface area contributed by atoms with Gasteiger partial charge in [0, 0.05) is 11.3 Å². The Morgan fingerprint density at radius 3 is 2.63 bits per heavy atom. The standard InChI is InChI=1S/C19H19N5OS2/c1-13-7-6-10-16(11-13)17(25)20-18(26)23-24-14(2)21-22-19(24)27-12-15-8-4-3-5-9-15/h3-11H,12H2,1-2H3,(H2,20,23,25,26). The SMILES string of the molecule is Cc1cccc(C(=O)NC(=S)Nn2c(C)nnc2SCc2ccccc2)c1. The lowest BCUT2D eigenvalue weighted by Crippen LogP contribution is -2.38. The van der Waals surface area contributed by atoms with E-state index in [4.69, 9.17) is 12.2 Å². The van der Waals surface area contributed by atoms with E-state index in [1.54, 1.807) is 10.7 Å². The van der Waals surface area contributed by atoms with E-state index in [0.717, 1.165) is 11.3 Å². The smallest absolute Gasteiger partial charge is 0.257 e. The van der Waals surface area contributed by atoms with E-state index in [1.807, 2.05) is 50.2 Å². The highest BCUT2D eigenvalue weighted by Crippen LogP contribution is 2.20. The third-order valence-corrected chi connectivity index (χ3v) is 4.92. The molecule has 0 bridgehead atoms. The number of aromatic nitrogens is 3. The average molecular weight is 398 g/mol. The Morgan fingerprint density at radius 1 is 1.11 bits per heavy atom. The molecule has 0 saturated carbocycles. The number of aryl methyl sites for hydroxylation is 2. The van der Waals surface area contributed by atoms with Gasteiger partial charge in [-0.15, -0.1) is 10.2 Å². The van der Waals surface area contributed by atoms with E-state index in [1.165, 1.54) is 17.3 Å². The van der Waals surface area contributed by atoms with E-state index < -0.39 is 0 Å². The molecular formula is C19H19N5OS2. The van der Waals surface area contributed by atoms with Crippen LogP contribution in [0, 0.1) is 13.8 Å². The first-order valence-corrected chi connectivity index (χ1v) is 9.70. The van der Waals surface area contributed by atoms with Gasteiger partial charge < -0.3 is 0 Å². The number of carbonyl (C=O) groups is 1. The minimum absolute atomic E-state index is 0.186. The first-order chi connectivity index (χ1) is 13.0. The predicted molar refractivity (Wildman–Crippen MR) is 111 cm³/mol. The molecule has 0 fully saturated rings. The molecule has 0 aliphatic heterocycles. The Kier molecular flexibility index (Phi) is 6.20. The highest BCUT2D eigenvalue weighted by Gasteiger charge is 2.13. The molecule has 0 atom stereocenters. The molecule has 0 aliphatic carbocycles. The number of rotatable bonds is 5. The van der Waals surface area contributed by atoms with E-state index in [2.05, 4.69) is 33.1 Å². The molecule has 0 unspecified atom stereocenters. The van der Waals surface area contributed by atoms with Crippen LogP contribution in [-0.2, 0) is 5.75 Å². The van der Waals surface area contributed by atoms with Gasteiger partial charge in [0.1, 0.15) is 5.82 Å². The van der Waals surface area contributed by atoms with Gasteiger partial charge in [0.15, 0.2) is 5.11 Å². The fourth-order valence-corrected chi connectivity index (χ4v) is 3.46. The van der Waals surface area contributed by atoms with Crippen LogP contribution in [0.15, 0.2) is 59.8 Å². The number of nitrogens with zero attached hydrogens (tertiary/aromatic N) is 3. The van der Waals surface area contributed by atoms with E-state index >= 15 is 0 Å². The second-order valence-electron chi connectivity index (χ2n) is 5.90. The Hall–Kier alpha value is -2.71. The topological polar surface area (TPSA) is 71.8 Å². The molecule has 6 nitrogen and oxygen atoms in total. The number of thiocarbonyl (C=S) groups is 1. The summed E-state index contributed by atoms with van der Waals surface area (Å²) in [7, 11) is 0. The molecule has 1 aromatic heterocycles. The molecule has 27 heavy (non-hydrogen) atoms. The fourth-order valence-electron chi connectivity index (χ4n) is 2.38. The Balaban J connectivity index is 1.64. The van der Waals surface area contributed by atoms with Crippen molar-refractivity contribution in [2.24, 2.45) is 0 Å². The predicted octanol–water partition coefficient (Wildman–Crippen LogP) is 3.45. The number of thioether (sulfide) groups is 1. The van der Waals surface area contributed by atoms with Crippen LogP contribution in [0.3, 0.4) is 0 Å². The van der Waals surface area contributed by atoms with Gasteiger partial charge in [-0.05, 0) is 43.8 Å². The average Bonchev–Trinajstić information content (AvgIpc) is 3.00. The van der Waals surface area contributed by atoms with Gasteiger partial charge in [0.2, 0.25) is 5.16 Å². The van der Waals surface area contributed by atoms with E-state index in [-0.39, 0.29) is 11.0 Å². The van der Waals surface area contributed by atoms with Crippen LogP contribution in [0.2, 0.25) is 0 Å². The lowest BCUT2D eigenvalue weighted by Gasteiger charge is -2.13. The highest BCUT2D eigenvalue weighted by molar-refractivity contribution is 7.98. The van der Waals surface area contributed by atoms with Crippen LogP contribution in [0.4, 0.5) is 0 Å². The van der Waals surface area contributed by atoms with Gasteiger partial charge >= 0.3 is 0 Å². The maximum absolute atomic E-state index is 12.3. The molecule has 0 spiro atoms. The molecule has 2 aromatic carbocycles. The summed E-state index contributed by atoms with van der Waals surface area (Å²) in [5.41, 5.74) is 5.73. The zero-order valence-electron chi connectivity index (χ0n) is 15.0. The summed E-state index contributed by atoms with van der Waals surface area (Å²) in [6.07, 6.45) is 0. The van der Waals surface area contributed by atoms with Crippen LogP contribution in [0.5, 0.6) is 0 Å². The van der Waals surface area contributed by atoms with Crippen LogP contribution >= 0.6 is 24.0 Å². The summed E-state index contributed by atoms with van der Waals surface area (Å²) in [5, 5.41) is 11.8. The Labute approximate surface area is 167 Å². The Bertz CT molecular complexity index is 956. The van der Waals surface area contributed by atoms with E-state index in [9.17, 15) is 4.79 Å². The van der Waals surface area contributed by atoms with Crippen LogP contribution < -0.4 is 10.7 Å². The number of nitrogens with one attached hydrogen (secondary N) is 2. The minimum Gasteiger partial charge on any atom is -0.298 e. The quantitative estimate of drug-likeness (QED) is 0.508. The molecule has 8 heteroatoms. The molecule has 0 radical (unpaired) electrons. The van der Waals surface area contributed by atoms with Crippen LogP contribution in [-0.4, -0.2) is 25.9 Å². The summed E-state index contributed by atoms with van der Waals surface area (Å²) < 4.78 is 1.67. The minimum atomic E-state index is -0.264. The molecular weight excluding hydrogens is 378 g/mol. The van der Waals surface area contributed by atoms with Crippen molar-refractivity contribution in [2.75, 3.05) is 5.43 Å². The van der Waals surface area contributed by atoms with Gasteiger partial charge in [-0.1, -0.05) is 59.8 Å². The van der Waals surface area contributed by atoms with Crippen molar-refractivity contribution < 1.29 is 4.79 Å². The van der Waals surface area contributed by atoms with Gasteiger partial charge in [0.05, 0.1) is 0 Å². The van der Waals surface area contributed by atoms with Crippen molar-refractivity contribution >= 4 is 35.0 Å². The van der Waals surface area contributed by atoms with Crippen molar-refractivity contribution in [1.29, 1.82) is 0 Å². The van der Waals surface area contributed by atoms with Gasteiger partial charge in [-0.2, -0.15) is 0 Å². The van der Waals surface area contributed by atoms with Crippen LogP contribution in [0.25, 0.3) is 0 Å². The maximum Gasteiger partial charge on any atom is 0.257 e.